The van der Waals surface area contributed by atoms with Crippen LogP contribution in [0.2, 0.25) is 0 Å². The first-order valence-corrected chi connectivity index (χ1v) is 7.88. The molecule has 23 heavy (non-hydrogen) atoms. The topological polar surface area (TPSA) is 56.2 Å². The molecule has 122 valence electrons. The molecule has 2 aromatic rings. The minimum Gasteiger partial charge on any atom is -0.444 e. The predicted octanol–water partition coefficient (Wildman–Crippen LogP) is 3.60. The van der Waals surface area contributed by atoms with Crippen molar-refractivity contribution >= 4 is 6.09 Å². The minimum absolute atomic E-state index is 0.291. The van der Waals surface area contributed by atoms with Gasteiger partial charge < -0.3 is 10.1 Å². The number of amides is 1. The van der Waals surface area contributed by atoms with Gasteiger partial charge in [0.1, 0.15) is 5.60 Å². The maximum atomic E-state index is 12.1. The van der Waals surface area contributed by atoms with E-state index in [1.54, 1.807) is 4.68 Å². The van der Waals surface area contributed by atoms with Crippen molar-refractivity contribution in [3.8, 4) is 11.1 Å². The first-order valence-electron chi connectivity index (χ1n) is 7.88. The van der Waals surface area contributed by atoms with Crippen molar-refractivity contribution in [2.75, 3.05) is 0 Å². The molecule has 0 unspecified atom stereocenters. The molecule has 0 atom stereocenters. The van der Waals surface area contributed by atoms with Gasteiger partial charge in [-0.25, -0.2) is 4.79 Å². The number of benzene rings is 1. The number of alkyl carbamates (subject to hydrolysis) is 1. The highest BCUT2D eigenvalue weighted by Gasteiger charge is 2.46. The monoisotopic (exact) mass is 313 g/mol. The summed E-state index contributed by atoms with van der Waals surface area (Å²) in [5, 5.41) is 7.26. The number of aromatic nitrogens is 2. The molecule has 1 aromatic heterocycles. The zero-order valence-corrected chi connectivity index (χ0v) is 14.1. The number of rotatable bonds is 3. The van der Waals surface area contributed by atoms with E-state index in [4.69, 9.17) is 4.74 Å². The summed E-state index contributed by atoms with van der Waals surface area (Å²) in [6.45, 7) is 5.61. The molecule has 1 aliphatic rings. The van der Waals surface area contributed by atoms with Crippen LogP contribution in [0.4, 0.5) is 4.79 Å². The third-order valence-electron chi connectivity index (χ3n) is 3.94. The third kappa shape index (κ3) is 3.55. The quantitative estimate of drug-likeness (QED) is 0.942. The van der Waals surface area contributed by atoms with Gasteiger partial charge in [0.25, 0.3) is 0 Å². The molecule has 1 aliphatic carbocycles. The zero-order valence-electron chi connectivity index (χ0n) is 14.1. The Bertz CT molecular complexity index is 724. The van der Waals surface area contributed by atoms with Crippen LogP contribution in [-0.2, 0) is 17.3 Å². The molecule has 0 saturated heterocycles. The molecule has 5 heteroatoms. The smallest absolute Gasteiger partial charge is 0.408 e. The number of hydrogen-bond acceptors (Lipinski definition) is 3. The van der Waals surface area contributed by atoms with Crippen LogP contribution in [0.5, 0.6) is 0 Å². The van der Waals surface area contributed by atoms with Gasteiger partial charge in [-0.2, -0.15) is 5.10 Å². The van der Waals surface area contributed by atoms with Crippen LogP contribution in [0.1, 0.15) is 39.2 Å². The van der Waals surface area contributed by atoms with Crippen LogP contribution < -0.4 is 5.32 Å². The Labute approximate surface area is 136 Å². The molecule has 3 rings (SSSR count). The number of nitrogens with zero attached hydrogens (tertiary/aromatic N) is 2. The molecule has 1 aromatic carbocycles. The second-order valence-electron chi connectivity index (χ2n) is 7.19. The summed E-state index contributed by atoms with van der Waals surface area (Å²) in [5.41, 5.74) is 2.51. The van der Waals surface area contributed by atoms with Crippen molar-refractivity contribution in [1.82, 2.24) is 15.1 Å². The Morgan fingerprint density at radius 2 is 2.04 bits per heavy atom. The number of nitrogens with one attached hydrogen (secondary N) is 1. The van der Waals surface area contributed by atoms with Crippen molar-refractivity contribution in [1.29, 1.82) is 0 Å². The lowest BCUT2D eigenvalue weighted by Gasteiger charge is -2.24. The zero-order chi connectivity index (χ0) is 16.7. The van der Waals surface area contributed by atoms with E-state index in [1.807, 2.05) is 46.3 Å². The van der Waals surface area contributed by atoms with Crippen molar-refractivity contribution in [2.45, 2.75) is 44.8 Å². The average molecular weight is 313 g/mol. The highest BCUT2D eigenvalue weighted by Crippen LogP contribution is 2.46. The fourth-order valence-corrected chi connectivity index (χ4v) is 2.68. The molecular formula is C18H23N3O2. The number of ether oxygens (including phenoxy) is 1. The number of carbonyl (C=O) groups is 1. The van der Waals surface area contributed by atoms with Gasteiger partial charge in [0.15, 0.2) is 0 Å². The Morgan fingerprint density at radius 1 is 1.30 bits per heavy atom. The summed E-state index contributed by atoms with van der Waals surface area (Å²) in [6.07, 6.45) is 5.34. The van der Waals surface area contributed by atoms with Crippen LogP contribution in [0.15, 0.2) is 36.7 Å². The Balaban J connectivity index is 1.80. The third-order valence-corrected chi connectivity index (χ3v) is 3.94. The van der Waals surface area contributed by atoms with Gasteiger partial charge in [-0.3, -0.25) is 4.68 Å². The maximum Gasteiger partial charge on any atom is 0.408 e. The molecule has 0 spiro atoms. The maximum absolute atomic E-state index is 12.1. The molecule has 0 aliphatic heterocycles. The van der Waals surface area contributed by atoms with Crippen LogP contribution >= 0.6 is 0 Å². The molecule has 1 fully saturated rings. The molecule has 5 nitrogen and oxygen atoms in total. The van der Waals surface area contributed by atoms with E-state index in [-0.39, 0.29) is 11.6 Å². The lowest BCUT2D eigenvalue weighted by atomic mass is 10.00. The number of hydrogen-bond donors (Lipinski definition) is 1. The van der Waals surface area contributed by atoms with E-state index >= 15 is 0 Å². The van der Waals surface area contributed by atoms with Crippen LogP contribution in [0.25, 0.3) is 11.1 Å². The summed E-state index contributed by atoms with van der Waals surface area (Å²) in [6, 6.07) is 8.27. The van der Waals surface area contributed by atoms with E-state index in [2.05, 4.69) is 28.6 Å². The molecule has 0 bridgehead atoms. The summed E-state index contributed by atoms with van der Waals surface area (Å²) >= 11 is 0. The Morgan fingerprint density at radius 3 is 2.61 bits per heavy atom. The molecule has 0 radical (unpaired) electrons. The molecular weight excluding hydrogens is 290 g/mol. The molecule has 1 amide bonds. The first kappa shape index (κ1) is 15.6. The second-order valence-corrected chi connectivity index (χ2v) is 7.19. The molecule has 1 saturated carbocycles. The minimum atomic E-state index is -0.488. The summed E-state index contributed by atoms with van der Waals surface area (Å²) < 4.78 is 7.18. The van der Waals surface area contributed by atoms with Crippen LogP contribution in [0.3, 0.4) is 0 Å². The fraction of sp³-hybridized carbons (Fsp3) is 0.444. The SMILES string of the molecule is Cn1cc(-c2cccc(C3(NC(=O)OC(C)(C)C)CC3)c2)cn1. The summed E-state index contributed by atoms with van der Waals surface area (Å²) in [7, 11) is 1.90. The van der Waals surface area contributed by atoms with Crippen molar-refractivity contribution in [3.63, 3.8) is 0 Å². The van der Waals surface area contributed by atoms with Crippen molar-refractivity contribution in [2.24, 2.45) is 7.05 Å². The van der Waals surface area contributed by atoms with Gasteiger partial charge in [0.2, 0.25) is 0 Å². The van der Waals surface area contributed by atoms with Gasteiger partial charge >= 0.3 is 6.09 Å². The van der Waals surface area contributed by atoms with Gasteiger partial charge in [-0.05, 0) is 50.8 Å². The van der Waals surface area contributed by atoms with Gasteiger partial charge in [0.05, 0.1) is 11.7 Å². The summed E-state index contributed by atoms with van der Waals surface area (Å²) in [5.74, 6) is 0. The van der Waals surface area contributed by atoms with Crippen molar-refractivity contribution in [3.05, 3.63) is 42.2 Å². The van der Waals surface area contributed by atoms with Gasteiger partial charge in [-0.1, -0.05) is 18.2 Å². The standard InChI is InChI=1S/C18H23N3O2/c1-17(2,3)23-16(22)20-18(8-9-18)15-7-5-6-13(10-15)14-11-19-21(4)12-14/h5-7,10-12H,8-9H2,1-4H3,(H,20,22). The lowest BCUT2D eigenvalue weighted by molar-refractivity contribution is 0.0495. The van der Waals surface area contributed by atoms with E-state index in [1.165, 1.54) is 0 Å². The summed E-state index contributed by atoms with van der Waals surface area (Å²) in [4.78, 5) is 12.1. The van der Waals surface area contributed by atoms with E-state index < -0.39 is 5.60 Å². The molecule has 1 N–H and O–H groups in total. The number of aryl methyl sites for hydroxylation is 1. The average Bonchev–Trinajstić information content (AvgIpc) is 3.09. The Kier molecular flexibility index (Phi) is 3.66. The van der Waals surface area contributed by atoms with Crippen LogP contribution in [-0.4, -0.2) is 21.5 Å². The largest absolute Gasteiger partial charge is 0.444 e. The highest BCUT2D eigenvalue weighted by atomic mass is 16.6. The highest BCUT2D eigenvalue weighted by molar-refractivity contribution is 5.71. The van der Waals surface area contributed by atoms with E-state index in [0.29, 0.717) is 0 Å². The number of carbonyl (C=O) groups excluding carboxylic acids is 1. The van der Waals surface area contributed by atoms with Gasteiger partial charge in [-0.15, -0.1) is 0 Å². The van der Waals surface area contributed by atoms with E-state index in [9.17, 15) is 4.79 Å². The predicted molar refractivity (Wildman–Crippen MR) is 88.9 cm³/mol. The Hall–Kier alpha value is -2.30. The van der Waals surface area contributed by atoms with Crippen LogP contribution in [0, 0.1) is 0 Å². The fourth-order valence-electron chi connectivity index (χ4n) is 2.68. The first-order chi connectivity index (χ1) is 10.8. The van der Waals surface area contributed by atoms with Gasteiger partial charge in [0, 0.05) is 18.8 Å². The molecule has 1 heterocycles. The lowest BCUT2D eigenvalue weighted by Crippen LogP contribution is -2.39. The van der Waals surface area contributed by atoms with Crippen molar-refractivity contribution < 1.29 is 9.53 Å². The normalized spacial score (nSPS) is 16.0. The second kappa shape index (κ2) is 5.41. The van der Waals surface area contributed by atoms with E-state index in [0.717, 1.165) is 29.5 Å².